The summed E-state index contributed by atoms with van der Waals surface area (Å²) in [5, 5.41) is 9.37. The summed E-state index contributed by atoms with van der Waals surface area (Å²) in [7, 11) is 0. The Kier molecular flexibility index (Phi) is 5.04. The lowest BCUT2D eigenvalue weighted by atomic mass is 10.1. The maximum atomic E-state index is 9.37. The Balaban J connectivity index is 1.69. The van der Waals surface area contributed by atoms with E-state index in [1.54, 1.807) is 11.3 Å². The maximum absolute atomic E-state index is 9.37. The van der Waals surface area contributed by atoms with Gasteiger partial charge >= 0.3 is 0 Å². The van der Waals surface area contributed by atoms with Crippen molar-refractivity contribution in [2.75, 3.05) is 0 Å². The van der Waals surface area contributed by atoms with E-state index in [-0.39, 0.29) is 0 Å². The number of hydrogen-bond donors (Lipinski definition) is 0. The average Bonchev–Trinajstić information content (AvgIpc) is 3.31. The van der Waals surface area contributed by atoms with Crippen molar-refractivity contribution in [2.24, 2.45) is 0 Å². The van der Waals surface area contributed by atoms with Gasteiger partial charge in [-0.3, -0.25) is 0 Å². The van der Waals surface area contributed by atoms with Gasteiger partial charge in [0.25, 0.3) is 0 Å². The molecule has 0 N–H and O–H groups in total. The quantitative estimate of drug-likeness (QED) is 0.415. The average molecular weight is 372 g/mol. The van der Waals surface area contributed by atoms with Crippen LogP contribution in [0, 0.1) is 11.3 Å². The van der Waals surface area contributed by atoms with Crippen LogP contribution in [0.5, 0.6) is 0 Å². The molecule has 0 saturated carbocycles. The minimum Gasteiger partial charge on any atom is -0.323 e. The van der Waals surface area contributed by atoms with Crippen LogP contribution in [-0.2, 0) is 13.0 Å². The molecule has 4 heteroatoms. The van der Waals surface area contributed by atoms with Gasteiger partial charge in [0.2, 0.25) is 0 Å². The molecule has 134 valence electrons. The van der Waals surface area contributed by atoms with Gasteiger partial charge in [0.05, 0.1) is 29.2 Å². The van der Waals surface area contributed by atoms with Crippen LogP contribution in [-0.4, -0.2) is 9.55 Å². The highest BCUT2D eigenvalue weighted by molar-refractivity contribution is 7.15. The van der Waals surface area contributed by atoms with Crippen molar-refractivity contribution in [3.05, 3.63) is 76.9 Å². The zero-order valence-electron chi connectivity index (χ0n) is 15.4. The molecule has 3 nitrogen and oxygen atoms in total. The highest BCUT2D eigenvalue weighted by Gasteiger charge is 2.13. The second kappa shape index (κ2) is 7.77. The van der Waals surface area contributed by atoms with Gasteiger partial charge in [0.1, 0.15) is 5.82 Å². The van der Waals surface area contributed by atoms with E-state index in [1.165, 1.54) is 10.4 Å². The fourth-order valence-corrected chi connectivity index (χ4v) is 4.42. The van der Waals surface area contributed by atoms with Crippen molar-refractivity contribution in [1.29, 1.82) is 5.26 Å². The molecule has 0 fully saturated rings. The molecule has 0 atom stereocenters. The number of thiophene rings is 1. The molecule has 0 aliphatic heterocycles. The van der Waals surface area contributed by atoms with Gasteiger partial charge in [-0.05, 0) is 36.8 Å². The van der Waals surface area contributed by atoms with Gasteiger partial charge in [-0.2, -0.15) is 5.26 Å². The van der Waals surface area contributed by atoms with Gasteiger partial charge in [-0.1, -0.05) is 43.7 Å². The van der Waals surface area contributed by atoms with E-state index in [0.29, 0.717) is 0 Å². The lowest BCUT2D eigenvalue weighted by molar-refractivity contribution is 0.694. The fraction of sp³-hybridized carbons (Fsp3) is 0.217. The Morgan fingerprint density at radius 3 is 2.70 bits per heavy atom. The Labute approximate surface area is 163 Å². The predicted molar refractivity (Wildman–Crippen MR) is 112 cm³/mol. The van der Waals surface area contributed by atoms with Crippen molar-refractivity contribution in [1.82, 2.24) is 9.55 Å². The maximum Gasteiger partial charge on any atom is 0.110 e. The number of nitriles is 1. The van der Waals surface area contributed by atoms with Crippen molar-refractivity contribution in [3.8, 4) is 16.5 Å². The van der Waals surface area contributed by atoms with Crippen molar-refractivity contribution in [2.45, 2.75) is 32.7 Å². The number of para-hydroxylation sites is 2. The molecule has 2 heterocycles. The molecule has 2 aromatic heterocycles. The lowest BCUT2D eigenvalue weighted by Crippen LogP contribution is -2.04. The number of imidazole rings is 1. The molecule has 0 aliphatic rings. The zero-order valence-corrected chi connectivity index (χ0v) is 16.2. The van der Waals surface area contributed by atoms with E-state index in [4.69, 9.17) is 4.98 Å². The van der Waals surface area contributed by atoms with Crippen molar-refractivity contribution >= 4 is 22.4 Å². The number of nitrogens with zero attached hydrogens (tertiary/aromatic N) is 3. The summed E-state index contributed by atoms with van der Waals surface area (Å²) in [4.78, 5) is 7.28. The molecule has 0 aliphatic carbocycles. The first kappa shape index (κ1) is 17.5. The standard InChI is InChI=1S/C23H21N3S/c1-2-3-12-23-25-20-10-6-7-11-21(20)26(23)16-18-13-14-22(27-18)19-9-5-4-8-17(19)15-24/h4-11,13-14H,2-3,12,16H2,1H3. The van der Waals surface area contributed by atoms with Crippen LogP contribution in [0.15, 0.2) is 60.7 Å². The van der Waals surface area contributed by atoms with Gasteiger partial charge in [0, 0.05) is 21.7 Å². The van der Waals surface area contributed by atoms with Crippen LogP contribution in [0.1, 0.15) is 36.0 Å². The highest BCUT2D eigenvalue weighted by Crippen LogP contribution is 2.31. The van der Waals surface area contributed by atoms with Crippen LogP contribution in [0.2, 0.25) is 0 Å². The minimum absolute atomic E-state index is 0.725. The van der Waals surface area contributed by atoms with Crippen LogP contribution in [0.3, 0.4) is 0 Å². The van der Waals surface area contributed by atoms with Crippen LogP contribution in [0.25, 0.3) is 21.5 Å². The first-order chi connectivity index (χ1) is 13.3. The number of rotatable bonds is 6. The number of benzene rings is 2. The molecule has 0 unspecified atom stereocenters. The third-order valence-corrected chi connectivity index (χ3v) is 5.88. The fourth-order valence-electron chi connectivity index (χ4n) is 3.39. The summed E-state index contributed by atoms with van der Waals surface area (Å²) in [5.41, 5.74) is 3.99. The van der Waals surface area contributed by atoms with Gasteiger partial charge < -0.3 is 4.57 Å². The monoisotopic (exact) mass is 371 g/mol. The summed E-state index contributed by atoms with van der Waals surface area (Å²) in [6.45, 7) is 3.03. The van der Waals surface area contributed by atoms with E-state index < -0.39 is 0 Å². The number of aryl methyl sites for hydroxylation is 1. The topological polar surface area (TPSA) is 41.6 Å². The highest BCUT2D eigenvalue weighted by atomic mass is 32.1. The Morgan fingerprint density at radius 1 is 1.04 bits per heavy atom. The molecule has 2 aromatic carbocycles. The molecule has 4 aromatic rings. The smallest absolute Gasteiger partial charge is 0.110 e. The first-order valence-electron chi connectivity index (χ1n) is 9.32. The molecule has 4 rings (SSSR count). The third-order valence-electron chi connectivity index (χ3n) is 4.78. The van der Waals surface area contributed by atoms with E-state index in [2.05, 4.69) is 47.9 Å². The molecule has 0 amide bonds. The second-order valence-corrected chi connectivity index (χ2v) is 7.80. The number of hydrogen-bond acceptors (Lipinski definition) is 3. The Bertz CT molecular complexity index is 1110. The van der Waals surface area contributed by atoms with Gasteiger partial charge in [-0.25, -0.2) is 4.98 Å². The minimum atomic E-state index is 0.725. The zero-order chi connectivity index (χ0) is 18.6. The molecule has 27 heavy (non-hydrogen) atoms. The summed E-state index contributed by atoms with van der Waals surface area (Å²) < 4.78 is 2.34. The van der Waals surface area contributed by atoms with Crippen molar-refractivity contribution < 1.29 is 0 Å². The van der Waals surface area contributed by atoms with Gasteiger partial charge in [-0.15, -0.1) is 11.3 Å². The van der Waals surface area contributed by atoms with Crippen LogP contribution < -0.4 is 0 Å². The number of fused-ring (bicyclic) bond motifs is 1. The number of aromatic nitrogens is 2. The van der Waals surface area contributed by atoms with E-state index >= 15 is 0 Å². The summed E-state index contributed by atoms with van der Waals surface area (Å²) in [6, 6.07) is 22.8. The van der Waals surface area contributed by atoms with Gasteiger partial charge in [0.15, 0.2) is 0 Å². The van der Waals surface area contributed by atoms with E-state index in [0.717, 1.165) is 53.2 Å². The molecular weight excluding hydrogens is 350 g/mol. The number of unbranched alkanes of at least 4 members (excludes halogenated alkanes) is 1. The molecular formula is C23H21N3S. The molecule has 0 radical (unpaired) electrons. The molecule has 0 bridgehead atoms. The summed E-state index contributed by atoms with van der Waals surface area (Å²) in [5.74, 6) is 1.16. The second-order valence-electron chi connectivity index (χ2n) is 6.63. The van der Waals surface area contributed by atoms with E-state index in [1.807, 2.05) is 30.3 Å². The van der Waals surface area contributed by atoms with Crippen LogP contribution in [0.4, 0.5) is 0 Å². The Morgan fingerprint density at radius 2 is 1.85 bits per heavy atom. The van der Waals surface area contributed by atoms with E-state index in [9.17, 15) is 5.26 Å². The third kappa shape index (κ3) is 3.51. The SMILES string of the molecule is CCCCc1nc2ccccc2n1Cc1ccc(-c2ccccc2C#N)s1. The summed E-state index contributed by atoms with van der Waals surface area (Å²) >= 11 is 1.76. The largest absolute Gasteiger partial charge is 0.323 e. The molecule has 0 saturated heterocycles. The Hall–Kier alpha value is -2.90. The van der Waals surface area contributed by atoms with Crippen LogP contribution >= 0.6 is 11.3 Å². The molecule has 0 spiro atoms. The van der Waals surface area contributed by atoms with Crippen molar-refractivity contribution in [3.63, 3.8) is 0 Å². The lowest BCUT2D eigenvalue weighted by Gasteiger charge is -2.08. The first-order valence-corrected chi connectivity index (χ1v) is 10.1. The normalized spacial score (nSPS) is 11.0. The predicted octanol–water partition coefficient (Wildman–Crippen LogP) is 6.03. The summed E-state index contributed by atoms with van der Waals surface area (Å²) in [6.07, 6.45) is 3.31.